The van der Waals surface area contributed by atoms with Gasteiger partial charge in [0.05, 0.1) is 11.4 Å². The zero-order valence-electron chi connectivity index (χ0n) is 17.8. The molecule has 0 fully saturated rings. The topological polar surface area (TPSA) is 76.0 Å². The number of nitrogens with zero attached hydrogens (tertiary/aromatic N) is 2. The Kier molecular flexibility index (Phi) is 5.44. The van der Waals surface area contributed by atoms with E-state index in [1.165, 1.54) is 0 Å². The van der Waals surface area contributed by atoms with Gasteiger partial charge in [-0.05, 0) is 48.9 Å². The van der Waals surface area contributed by atoms with E-state index >= 15 is 0 Å². The van der Waals surface area contributed by atoms with Crippen LogP contribution in [-0.2, 0) is 4.79 Å². The van der Waals surface area contributed by atoms with Gasteiger partial charge in [-0.1, -0.05) is 60.1 Å². The first-order valence-corrected chi connectivity index (χ1v) is 11.0. The summed E-state index contributed by atoms with van der Waals surface area (Å²) in [5.41, 5.74) is 3.75. The van der Waals surface area contributed by atoms with Crippen molar-refractivity contribution in [3.63, 3.8) is 0 Å². The van der Waals surface area contributed by atoms with Crippen molar-refractivity contribution in [2.45, 2.75) is 18.9 Å². The second kappa shape index (κ2) is 8.56. The quantitative estimate of drug-likeness (QED) is 0.466. The number of para-hydroxylation sites is 1. The lowest BCUT2D eigenvalue weighted by atomic mass is 9.82. The predicted molar refractivity (Wildman–Crippen MR) is 128 cm³/mol. The molecule has 0 spiro atoms. The number of rotatable bonds is 4. The van der Waals surface area contributed by atoms with Crippen molar-refractivity contribution in [1.29, 1.82) is 0 Å². The van der Waals surface area contributed by atoms with Crippen LogP contribution in [0.3, 0.4) is 0 Å². The standard InChI is InChI=1S/C26H21ClN4O2/c1-16-21-22(18-11-8-12-19(27)15-18)23(28-25(32)17-9-4-2-5-10-17)26(33)29-24(21)31(30-16)20-13-6-3-7-14-20/h2-15,22-23H,1H3,(H,28,32)(H,29,33)/t22-,23+/m1/s1. The number of hydrogen-bond donors (Lipinski definition) is 2. The van der Waals surface area contributed by atoms with Gasteiger partial charge in [0.25, 0.3) is 5.91 Å². The molecule has 33 heavy (non-hydrogen) atoms. The van der Waals surface area contributed by atoms with Crippen LogP contribution in [0.2, 0.25) is 5.02 Å². The van der Waals surface area contributed by atoms with Gasteiger partial charge < -0.3 is 10.6 Å². The highest BCUT2D eigenvalue weighted by Gasteiger charge is 2.41. The van der Waals surface area contributed by atoms with Gasteiger partial charge in [-0.2, -0.15) is 5.10 Å². The SMILES string of the molecule is Cc1nn(-c2ccccc2)c2c1[C@@H](c1cccc(Cl)c1)[C@H](NC(=O)c1ccccc1)C(=O)N2. The lowest BCUT2D eigenvalue weighted by molar-refractivity contribution is -0.118. The zero-order valence-corrected chi connectivity index (χ0v) is 18.6. The predicted octanol–water partition coefficient (Wildman–Crippen LogP) is 4.72. The van der Waals surface area contributed by atoms with Gasteiger partial charge in [0.1, 0.15) is 11.9 Å². The highest BCUT2D eigenvalue weighted by Crippen LogP contribution is 2.41. The molecule has 7 heteroatoms. The Morgan fingerprint density at radius 1 is 1.00 bits per heavy atom. The summed E-state index contributed by atoms with van der Waals surface area (Å²) in [5, 5.41) is 11.2. The molecule has 5 rings (SSSR count). The minimum Gasteiger partial charge on any atom is -0.339 e. The van der Waals surface area contributed by atoms with E-state index in [0.717, 1.165) is 22.5 Å². The van der Waals surface area contributed by atoms with E-state index in [0.29, 0.717) is 16.4 Å². The van der Waals surface area contributed by atoms with Crippen LogP contribution in [0.25, 0.3) is 5.69 Å². The lowest BCUT2D eigenvalue weighted by Crippen LogP contribution is -2.50. The van der Waals surface area contributed by atoms with Crippen LogP contribution in [-0.4, -0.2) is 27.6 Å². The molecule has 1 aliphatic heterocycles. The Balaban J connectivity index is 1.64. The fraction of sp³-hybridized carbons (Fsp3) is 0.115. The second-order valence-corrected chi connectivity index (χ2v) is 8.37. The fourth-order valence-corrected chi connectivity index (χ4v) is 4.52. The molecule has 1 aliphatic rings. The van der Waals surface area contributed by atoms with E-state index in [2.05, 4.69) is 10.6 Å². The number of anilines is 1. The molecule has 1 aromatic heterocycles. The van der Waals surface area contributed by atoms with Gasteiger partial charge in [-0.15, -0.1) is 0 Å². The Bertz CT molecular complexity index is 1340. The first-order chi connectivity index (χ1) is 16.0. The van der Waals surface area contributed by atoms with Gasteiger partial charge in [0.2, 0.25) is 5.91 Å². The average Bonchev–Trinajstić information content (AvgIpc) is 3.16. The summed E-state index contributed by atoms with van der Waals surface area (Å²) in [7, 11) is 0. The van der Waals surface area contributed by atoms with Crippen LogP contribution in [0, 0.1) is 6.92 Å². The molecule has 3 aromatic carbocycles. The van der Waals surface area contributed by atoms with Gasteiger partial charge in [0.15, 0.2) is 0 Å². The maximum atomic E-state index is 13.4. The number of hydrogen-bond acceptors (Lipinski definition) is 3. The molecule has 4 aromatic rings. The molecule has 0 aliphatic carbocycles. The van der Waals surface area contributed by atoms with E-state index in [9.17, 15) is 9.59 Å². The summed E-state index contributed by atoms with van der Waals surface area (Å²) < 4.78 is 1.73. The number of benzene rings is 3. The summed E-state index contributed by atoms with van der Waals surface area (Å²) in [6.45, 7) is 1.91. The summed E-state index contributed by atoms with van der Waals surface area (Å²) in [6, 6.07) is 25.0. The number of aryl methyl sites for hydroxylation is 1. The summed E-state index contributed by atoms with van der Waals surface area (Å²) in [4.78, 5) is 26.4. The van der Waals surface area contributed by atoms with Crippen LogP contribution in [0.5, 0.6) is 0 Å². The van der Waals surface area contributed by atoms with Crippen molar-refractivity contribution in [2.75, 3.05) is 5.32 Å². The smallest absolute Gasteiger partial charge is 0.251 e. The van der Waals surface area contributed by atoms with Crippen molar-refractivity contribution < 1.29 is 9.59 Å². The Hall–Kier alpha value is -3.90. The van der Waals surface area contributed by atoms with E-state index in [4.69, 9.17) is 16.7 Å². The van der Waals surface area contributed by atoms with Crippen LogP contribution in [0.1, 0.15) is 33.1 Å². The molecule has 0 unspecified atom stereocenters. The molecular weight excluding hydrogens is 436 g/mol. The Morgan fingerprint density at radius 3 is 2.39 bits per heavy atom. The number of nitrogens with one attached hydrogen (secondary N) is 2. The molecule has 2 atom stereocenters. The summed E-state index contributed by atoms with van der Waals surface area (Å²) in [5.74, 6) is -0.496. The number of fused-ring (bicyclic) bond motifs is 1. The molecule has 0 bridgehead atoms. The minimum absolute atomic E-state index is 0.311. The highest BCUT2D eigenvalue weighted by atomic mass is 35.5. The van der Waals surface area contributed by atoms with Crippen LogP contribution in [0.15, 0.2) is 84.9 Å². The number of amides is 2. The summed E-state index contributed by atoms with van der Waals surface area (Å²) >= 11 is 6.31. The van der Waals surface area contributed by atoms with E-state index in [1.807, 2.05) is 61.5 Å². The largest absolute Gasteiger partial charge is 0.339 e. The normalized spacial score (nSPS) is 17.2. The third kappa shape index (κ3) is 3.90. The molecule has 6 nitrogen and oxygen atoms in total. The molecule has 2 N–H and O–H groups in total. The maximum absolute atomic E-state index is 13.4. The zero-order chi connectivity index (χ0) is 22.9. The van der Waals surface area contributed by atoms with E-state index in [1.54, 1.807) is 35.0 Å². The van der Waals surface area contributed by atoms with Gasteiger partial charge in [-0.25, -0.2) is 4.68 Å². The van der Waals surface area contributed by atoms with E-state index in [-0.39, 0.29) is 11.8 Å². The van der Waals surface area contributed by atoms with Crippen molar-refractivity contribution >= 4 is 29.2 Å². The molecule has 2 amide bonds. The monoisotopic (exact) mass is 456 g/mol. The molecule has 164 valence electrons. The van der Waals surface area contributed by atoms with Crippen molar-refractivity contribution in [3.05, 3.63) is 112 Å². The van der Waals surface area contributed by atoms with Gasteiger partial charge >= 0.3 is 0 Å². The Labute approximate surface area is 196 Å². The number of carbonyl (C=O) groups is 2. The maximum Gasteiger partial charge on any atom is 0.251 e. The Morgan fingerprint density at radius 2 is 1.70 bits per heavy atom. The van der Waals surface area contributed by atoms with Gasteiger partial charge in [0, 0.05) is 22.1 Å². The molecule has 0 saturated heterocycles. The minimum atomic E-state index is -0.837. The molecule has 2 heterocycles. The number of carbonyl (C=O) groups excluding carboxylic acids is 2. The molecule has 0 saturated carbocycles. The second-order valence-electron chi connectivity index (χ2n) is 7.93. The average molecular weight is 457 g/mol. The van der Waals surface area contributed by atoms with E-state index < -0.39 is 12.0 Å². The third-order valence-electron chi connectivity index (χ3n) is 5.81. The van der Waals surface area contributed by atoms with Crippen molar-refractivity contribution in [2.24, 2.45) is 0 Å². The third-order valence-corrected chi connectivity index (χ3v) is 6.04. The first-order valence-electron chi connectivity index (χ1n) is 10.6. The number of aromatic nitrogens is 2. The van der Waals surface area contributed by atoms with Crippen LogP contribution in [0.4, 0.5) is 5.82 Å². The van der Waals surface area contributed by atoms with Crippen LogP contribution >= 0.6 is 11.6 Å². The number of halogens is 1. The molecular formula is C26H21ClN4O2. The fourth-order valence-electron chi connectivity index (χ4n) is 4.32. The van der Waals surface area contributed by atoms with Crippen molar-refractivity contribution in [3.8, 4) is 5.69 Å². The molecule has 0 radical (unpaired) electrons. The van der Waals surface area contributed by atoms with Crippen LogP contribution < -0.4 is 10.6 Å². The lowest BCUT2D eigenvalue weighted by Gasteiger charge is -2.33. The van der Waals surface area contributed by atoms with Crippen molar-refractivity contribution in [1.82, 2.24) is 15.1 Å². The summed E-state index contributed by atoms with van der Waals surface area (Å²) in [6.07, 6.45) is 0. The first kappa shape index (κ1) is 21.0. The highest BCUT2D eigenvalue weighted by molar-refractivity contribution is 6.30. The van der Waals surface area contributed by atoms with Gasteiger partial charge in [-0.3, -0.25) is 9.59 Å².